The Kier molecular flexibility index (Phi) is 4.20. The van der Waals surface area contributed by atoms with Crippen LogP contribution in [-0.4, -0.2) is 5.78 Å². The molecule has 15 heavy (non-hydrogen) atoms. The second-order valence-electron chi connectivity index (χ2n) is 3.06. The summed E-state index contributed by atoms with van der Waals surface area (Å²) in [5, 5.41) is 0. The van der Waals surface area contributed by atoms with Crippen molar-refractivity contribution in [3.63, 3.8) is 0 Å². The van der Waals surface area contributed by atoms with Crippen LogP contribution in [0.25, 0.3) is 0 Å². The predicted octanol–water partition coefficient (Wildman–Crippen LogP) is 3.78. The molecule has 0 aliphatic rings. The third-order valence-corrected chi connectivity index (χ3v) is 2.07. The summed E-state index contributed by atoms with van der Waals surface area (Å²) in [6.07, 6.45) is 0. The van der Waals surface area contributed by atoms with Gasteiger partial charge in [-0.3, -0.25) is 4.79 Å². The van der Waals surface area contributed by atoms with Crippen molar-refractivity contribution < 1.29 is 4.79 Å². The van der Waals surface area contributed by atoms with Crippen LogP contribution < -0.4 is 0 Å². The highest BCUT2D eigenvalue weighted by molar-refractivity contribution is 6.92. The van der Waals surface area contributed by atoms with Gasteiger partial charge in [-0.2, -0.15) is 0 Å². The van der Waals surface area contributed by atoms with Gasteiger partial charge in [-0.1, -0.05) is 60.7 Å². The van der Waals surface area contributed by atoms with E-state index in [9.17, 15) is 4.79 Å². The molecule has 1 nitrogen and oxygen atoms in total. The summed E-state index contributed by atoms with van der Waals surface area (Å²) in [6, 6.07) is 18.6. The molecule has 3 radical (unpaired) electrons. The molecule has 2 aromatic carbocycles. The van der Waals surface area contributed by atoms with E-state index in [1.54, 1.807) is 0 Å². The third kappa shape index (κ3) is 2.74. The molecule has 0 heterocycles. The molecule has 0 saturated heterocycles. The van der Waals surface area contributed by atoms with Crippen LogP contribution in [0.4, 0.5) is 0 Å². The number of carbonyl (C=O) groups is 1. The van der Waals surface area contributed by atoms with Crippen molar-refractivity contribution in [2.75, 3.05) is 0 Å². The Bertz CT molecular complexity index is 381. The van der Waals surface area contributed by atoms with Crippen molar-refractivity contribution >= 4 is 15.7 Å². The van der Waals surface area contributed by atoms with Crippen molar-refractivity contribution in [2.45, 2.75) is 0 Å². The maximum absolute atomic E-state index is 11.8. The lowest BCUT2D eigenvalue weighted by Crippen LogP contribution is -1.99. The minimum Gasteiger partial charge on any atom is -0.289 e. The first-order valence-corrected chi connectivity index (χ1v) is 4.53. The highest BCUT2D eigenvalue weighted by atomic mass is 31.0. The van der Waals surface area contributed by atoms with E-state index in [2.05, 4.69) is 0 Å². The van der Waals surface area contributed by atoms with Gasteiger partial charge in [0.1, 0.15) is 0 Å². The molecule has 0 aliphatic carbocycles. The molecule has 0 fully saturated rings. The Balaban J connectivity index is 0.00000112. The molecule has 0 atom stereocenters. The Morgan fingerprint density at radius 2 is 1.00 bits per heavy atom. The van der Waals surface area contributed by atoms with Gasteiger partial charge < -0.3 is 0 Å². The molecule has 0 N–H and O–H groups in total. The Hall–Kier alpha value is -1.46. The van der Waals surface area contributed by atoms with E-state index in [4.69, 9.17) is 0 Å². The molecular weight excluding hydrogens is 203 g/mol. The van der Waals surface area contributed by atoms with E-state index in [1.807, 2.05) is 60.7 Å². The van der Waals surface area contributed by atoms with E-state index in [0.29, 0.717) is 0 Å². The number of hydrogen-bond donors (Lipinski definition) is 0. The Morgan fingerprint density at radius 3 is 1.33 bits per heavy atom. The molecule has 2 rings (SSSR count). The van der Waals surface area contributed by atoms with Gasteiger partial charge in [0.2, 0.25) is 0 Å². The lowest BCUT2D eigenvalue weighted by atomic mass is 10.0. The summed E-state index contributed by atoms with van der Waals surface area (Å²) in [6.45, 7) is 0. The summed E-state index contributed by atoms with van der Waals surface area (Å²) in [4.78, 5) is 11.8. The molecule has 0 saturated carbocycles. The minimum absolute atomic E-state index is 0. The highest BCUT2D eigenvalue weighted by Gasteiger charge is 2.06. The van der Waals surface area contributed by atoms with E-state index in [0.717, 1.165) is 11.1 Å². The Labute approximate surface area is 92.8 Å². The molecule has 2 heteroatoms. The SMILES string of the molecule is O=C(c1ccccc1)c1ccccc1.[P]. The van der Waals surface area contributed by atoms with Crippen LogP contribution >= 0.6 is 9.90 Å². The fourth-order valence-corrected chi connectivity index (χ4v) is 1.35. The smallest absolute Gasteiger partial charge is 0.193 e. The van der Waals surface area contributed by atoms with Crippen LogP contribution in [0.2, 0.25) is 0 Å². The van der Waals surface area contributed by atoms with Crippen molar-refractivity contribution in [1.29, 1.82) is 0 Å². The first-order chi connectivity index (χ1) is 6.88. The fraction of sp³-hybridized carbons (Fsp3) is 0. The molecule has 0 aliphatic heterocycles. The summed E-state index contributed by atoms with van der Waals surface area (Å²) in [5.74, 6) is 0.0752. The van der Waals surface area contributed by atoms with E-state index >= 15 is 0 Å². The second-order valence-corrected chi connectivity index (χ2v) is 3.06. The average Bonchev–Trinajstić information content (AvgIpc) is 2.30. The summed E-state index contributed by atoms with van der Waals surface area (Å²) in [5.41, 5.74) is 1.47. The van der Waals surface area contributed by atoms with Crippen LogP contribution in [0.1, 0.15) is 15.9 Å². The molecule has 0 bridgehead atoms. The van der Waals surface area contributed by atoms with E-state index in [1.165, 1.54) is 0 Å². The van der Waals surface area contributed by atoms with Crippen LogP contribution in [0.15, 0.2) is 60.7 Å². The van der Waals surface area contributed by atoms with Crippen LogP contribution in [0.3, 0.4) is 0 Å². The minimum atomic E-state index is 0. The second kappa shape index (κ2) is 5.43. The summed E-state index contributed by atoms with van der Waals surface area (Å²) < 4.78 is 0. The van der Waals surface area contributed by atoms with Gasteiger partial charge >= 0.3 is 0 Å². The number of benzene rings is 2. The lowest BCUT2D eigenvalue weighted by molar-refractivity contribution is 0.103. The van der Waals surface area contributed by atoms with E-state index in [-0.39, 0.29) is 15.7 Å². The summed E-state index contributed by atoms with van der Waals surface area (Å²) in [7, 11) is 0. The first-order valence-electron chi connectivity index (χ1n) is 4.53. The largest absolute Gasteiger partial charge is 0.289 e. The topological polar surface area (TPSA) is 17.1 Å². The Morgan fingerprint density at radius 1 is 0.667 bits per heavy atom. The standard InChI is InChI=1S/C13H10O.P/c14-13(11-7-3-1-4-8-11)12-9-5-2-6-10-12;/h1-10H;. The number of hydrogen-bond acceptors (Lipinski definition) is 1. The number of rotatable bonds is 2. The van der Waals surface area contributed by atoms with Crippen LogP contribution in [-0.2, 0) is 0 Å². The molecule has 0 spiro atoms. The average molecular weight is 213 g/mol. The highest BCUT2D eigenvalue weighted by Crippen LogP contribution is 2.08. The zero-order valence-electron chi connectivity index (χ0n) is 8.13. The monoisotopic (exact) mass is 213 g/mol. The normalized spacial score (nSPS) is 9.07. The van der Waals surface area contributed by atoms with Crippen molar-refractivity contribution in [1.82, 2.24) is 0 Å². The van der Waals surface area contributed by atoms with Crippen LogP contribution in [0, 0.1) is 0 Å². The predicted molar refractivity (Wildman–Crippen MR) is 63.2 cm³/mol. The molecule has 0 aromatic heterocycles. The molecule has 73 valence electrons. The number of carbonyl (C=O) groups excluding carboxylic acids is 1. The van der Waals surface area contributed by atoms with Crippen molar-refractivity contribution in [3.8, 4) is 0 Å². The molecule has 2 aromatic rings. The van der Waals surface area contributed by atoms with Gasteiger partial charge in [-0.25, -0.2) is 0 Å². The maximum atomic E-state index is 11.8. The maximum Gasteiger partial charge on any atom is 0.193 e. The zero-order valence-corrected chi connectivity index (χ0v) is 9.02. The van der Waals surface area contributed by atoms with Gasteiger partial charge in [0.25, 0.3) is 0 Å². The van der Waals surface area contributed by atoms with Gasteiger partial charge in [-0.05, 0) is 0 Å². The molecular formula is C13H10OP. The van der Waals surface area contributed by atoms with E-state index < -0.39 is 0 Å². The molecule has 0 amide bonds. The third-order valence-electron chi connectivity index (χ3n) is 2.07. The van der Waals surface area contributed by atoms with Gasteiger partial charge in [0.05, 0.1) is 0 Å². The quantitative estimate of drug-likeness (QED) is 0.548. The lowest BCUT2D eigenvalue weighted by Gasteiger charge is -1.99. The van der Waals surface area contributed by atoms with Gasteiger partial charge in [0.15, 0.2) is 5.78 Å². The van der Waals surface area contributed by atoms with Gasteiger partial charge in [-0.15, -0.1) is 0 Å². The number of ketones is 1. The van der Waals surface area contributed by atoms with Crippen molar-refractivity contribution in [3.05, 3.63) is 71.8 Å². The summed E-state index contributed by atoms with van der Waals surface area (Å²) >= 11 is 0. The fourth-order valence-electron chi connectivity index (χ4n) is 1.35. The molecule has 0 unspecified atom stereocenters. The van der Waals surface area contributed by atoms with Crippen molar-refractivity contribution in [2.24, 2.45) is 0 Å². The van der Waals surface area contributed by atoms with Crippen LogP contribution in [0.5, 0.6) is 0 Å². The van der Waals surface area contributed by atoms with Gasteiger partial charge in [0, 0.05) is 21.0 Å². The zero-order chi connectivity index (χ0) is 9.80. The first kappa shape index (κ1) is 11.6.